The number of benzene rings is 1. The Labute approximate surface area is 114 Å². The Hall–Kier alpha value is -0.740. The summed E-state index contributed by atoms with van der Waals surface area (Å²) in [4.78, 5) is 2.00. The number of anilines is 1. The lowest BCUT2D eigenvalue weighted by Gasteiger charge is -2.23. The summed E-state index contributed by atoms with van der Waals surface area (Å²) in [6, 6.07) is 5.70. The fourth-order valence-corrected chi connectivity index (χ4v) is 2.24. The normalized spacial score (nSPS) is 11.0. The Morgan fingerprint density at radius 2 is 2.11 bits per heavy atom. The molecule has 0 spiro atoms. The second-order valence-corrected chi connectivity index (χ2v) is 5.68. The van der Waals surface area contributed by atoms with Gasteiger partial charge in [0.2, 0.25) is 0 Å². The summed E-state index contributed by atoms with van der Waals surface area (Å²) in [5.41, 5.74) is 1.74. The van der Waals surface area contributed by atoms with Gasteiger partial charge in [0.15, 0.2) is 0 Å². The van der Waals surface area contributed by atoms with E-state index in [4.69, 9.17) is 0 Å². The van der Waals surface area contributed by atoms with E-state index in [0.29, 0.717) is 12.6 Å². The van der Waals surface area contributed by atoms with Crippen molar-refractivity contribution in [2.24, 2.45) is 0 Å². The molecule has 1 rings (SSSR count). The Morgan fingerprint density at radius 3 is 2.72 bits per heavy atom. The molecule has 0 unspecified atom stereocenters. The van der Waals surface area contributed by atoms with Crippen LogP contribution in [-0.2, 0) is 6.54 Å². The topological polar surface area (TPSA) is 15.3 Å². The first kappa shape index (κ1) is 15.3. The van der Waals surface area contributed by atoms with Crippen molar-refractivity contribution in [3.05, 3.63) is 29.6 Å². The van der Waals surface area contributed by atoms with Crippen molar-refractivity contribution in [3.8, 4) is 0 Å². The Morgan fingerprint density at radius 1 is 1.39 bits per heavy atom. The molecular weight excluding hydrogens is 247 g/mol. The van der Waals surface area contributed by atoms with Crippen molar-refractivity contribution in [1.29, 1.82) is 0 Å². The first-order chi connectivity index (χ1) is 8.56. The van der Waals surface area contributed by atoms with Gasteiger partial charge in [0.1, 0.15) is 5.82 Å². The average Bonchev–Trinajstić information content (AvgIpc) is 2.33. The van der Waals surface area contributed by atoms with Gasteiger partial charge in [0.05, 0.1) is 5.69 Å². The molecule has 1 aromatic carbocycles. The van der Waals surface area contributed by atoms with Crippen molar-refractivity contribution >= 4 is 17.4 Å². The number of nitrogens with zero attached hydrogens (tertiary/aromatic N) is 1. The van der Waals surface area contributed by atoms with Crippen molar-refractivity contribution < 1.29 is 4.39 Å². The molecule has 4 heteroatoms. The summed E-state index contributed by atoms with van der Waals surface area (Å²) in [6.45, 7) is 5.75. The van der Waals surface area contributed by atoms with Crippen LogP contribution >= 0.6 is 11.8 Å². The molecule has 2 nitrogen and oxygen atoms in total. The van der Waals surface area contributed by atoms with Gasteiger partial charge in [-0.3, -0.25) is 0 Å². The van der Waals surface area contributed by atoms with E-state index in [-0.39, 0.29) is 5.82 Å². The Bertz CT molecular complexity index is 369. The van der Waals surface area contributed by atoms with Crippen LogP contribution in [0, 0.1) is 5.82 Å². The van der Waals surface area contributed by atoms with Crippen molar-refractivity contribution in [2.75, 3.05) is 30.5 Å². The molecular formula is C14H23FN2S. The number of para-hydroxylation sites is 1. The van der Waals surface area contributed by atoms with E-state index in [0.717, 1.165) is 23.5 Å². The fraction of sp³-hybridized carbons (Fsp3) is 0.571. The van der Waals surface area contributed by atoms with Crippen molar-refractivity contribution in [2.45, 2.75) is 26.4 Å². The largest absolute Gasteiger partial charge is 0.371 e. The molecule has 18 heavy (non-hydrogen) atoms. The van der Waals surface area contributed by atoms with E-state index >= 15 is 0 Å². The van der Waals surface area contributed by atoms with Crippen LogP contribution in [0.5, 0.6) is 0 Å². The van der Waals surface area contributed by atoms with Crippen LogP contribution in [-0.4, -0.2) is 31.6 Å². The molecule has 0 radical (unpaired) electrons. The highest BCUT2D eigenvalue weighted by atomic mass is 32.2. The second-order valence-electron chi connectivity index (χ2n) is 4.70. The van der Waals surface area contributed by atoms with Crippen LogP contribution in [0.1, 0.15) is 19.4 Å². The molecule has 0 aliphatic carbocycles. The van der Waals surface area contributed by atoms with E-state index in [2.05, 4.69) is 25.4 Å². The summed E-state index contributed by atoms with van der Waals surface area (Å²) in [5, 5.41) is 3.34. The van der Waals surface area contributed by atoms with E-state index in [1.165, 1.54) is 6.07 Å². The Balaban J connectivity index is 2.85. The van der Waals surface area contributed by atoms with Crippen LogP contribution in [0.2, 0.25) is 0 Å². The van der Waals surface area contributed by atoms with Crippen molar-refractivity contribution in [1.82, 2.24) is 5.32 Å². The van der Waals surface area contributed by atoms with Gasteiger partial charge in [-0.1, -0.05) is 26.0 Å². The smallest absolute Gasteiger partial charge is 0.146 e. The highest BCUT2D eigenvalue weighted by molar-refractivity contribution is 7.98. The predicted molar refractivity (Wildman–Crippen MR) is 80.0 cm³/mol. The zero-order chi connectivity index (χ0) is 13.5. The summed E-state index contributed by atoms with van der Waals surface area (Å²) >= 11 is 1.77. The molecule has 0 aliphatic rings. The molecule has 0 atom stereocenters. The van der Waals surface area contributed by atoms with Gasteiger partial charge >= 0.3 is 0 Å². The summed E-state index contributed by atoms with van der Waals surface area (Å²) in [7, 11) is 1.95. The second kappa shape index (κ2) is 7.64. The third-order valence-electron chi connectivity index (χ3n) is 2.78. The lowest BCUT2D eigenvalue weighted by atomic mass is 10.1. The van der Waals surface area contributed by atoms with Gasteiger partial charge in [0.25, 0.3) is 0 Å². The molecule has 102 valence electrons. The van der Waals surface area contributed by atoms with Gasteiger partial charge in [-0.15, -0.1) is 0 Å². The number of rotatable bonds is 7. The van der Waals surface area contributed by atoms with E-state index in [9.17, 15) is 4.39 Å². The maximum Gasteiger partial charge on any atom is 0.146 e. The van der Waals surface area contributed by atoms with Gasteiger partial charge < -0.3 is 10.2 Å². The average molecular weight is 270 g/mol. The number of hydrogen-bond donors (Lipinski definition) is 1. The third-order valence-corrected chi connectivity index (χ3v) is 3.37. The lowest BCUT2D eigenvalue weighted by molar-refractivity contribution is 0.580. The van der Waals surface area contributed by atoms with Gasteiger partial charge in [-0.25, -0.2) is 4.39 Å². The molecule has 1 aromatic rings. The third kappa shape index (κ3) is 4.50. The quantitative estimate of drug-likeness (QED) is 0.819. The van der Waals surface area contributed by atoms with E-state index in [1.54, 1.807) is 17.8 Å². The fourth-order valence-electron chi connectivity index (χ4n) is 1.78. The van der Waals surface area contributed by atoms with Crippen LogP contribution in [0.15, 0.2) is 18.2 Å². The SMILES string of the molecule is CSCCN(C)c1c(F)cccc1CNC(C)C. The molecule has 0 saturated carbocycles. The van der Waals surface area contributed by atoms with Gasteiger partial charge in [-0.05, 0) is 17.9 Å². The van der Waals surface area contributed by atoms with Crippen LogP contribution in [0.4, 0.5) is 10.1 Å². The summed E-state index contributed by atoms with van der Waals surface area (Å²) in [6.07, 6.45) is 2.07. The minimum Gasteiger partial charge on any atom is -0.371 e. The molecule has 1 N–H and O–H groups in total. The summed E-state index contributed by atoms with van der Waals surface area (Å²) in [5.74, 6) is 0.865. The number of hydrogen-bond acceptors (Lipinski definition) is 3. The minimum absolute atomic E-state index is 0.137. The van der Waals surface area contributed by atoms with Crippen LogP contribution in [0.25, 0.3) is 0 Å². The maximum absolute atomic E-state index is 14.0. The van der Waals surface area contributed by atoms with E-state index < -0.39 is 0 Å². The molecule has 0 aromatic heterocycles. The number of halogens is 1. The van der Waals surface area contributed by atoms with Crippen LogP contribution < -0.4 is 10.2 Å². The standard InChI is InChI=1S/C14H23FN2S/c1-11(2)16-10-12-6-5-7-13(15)14(12)17(3)8-9-18-4/h5-7,11,16H,8-10H2,1-4H3. The molecule has 0 bridgehead atoms. The maximum atomic E-state index is 14.0. The first-order valence-corrected chi connectivity index (χ1v) is 7.66. The van der Waals surface area contributed by atoms with E-state index in [1.807, 2.05) is 18.0 Å². The summed E-state index contributed by atoms with van der Waals surface area (Å²) < 4.78 is 14.0. The monoisotopic (exact) mass is 270 g/mol. The molecule has 0 heterocycles. The predicted octanol–water partition coefficient (Wildman–Crippen LogP) is 3.12. The number of thioether (sulfide) groups is 1. The van der Waals surface area contributed by atoms with Crippen molar-refractivity contribution in [3.63, 3.8) is 0 Å². The highest BCUT2D eigenvalue weighted by Crippen LogP contribution is 2.23. The van der Waals surface area contributed by atoms with Crippen LogP contribution in [0.3, 0.4) is 0 Å². The zero-order valence-electron chi connectivity index (χ0n) is 11.7. The molecule has 0 aliphatic heterocycles. The molecule has 0 amide bonds. The molecule has 0 saturated heterocycles. The van der Waals surface area contributed by atoms with Gasteiger partial charge in [-0.2, -0.15) is 11.8 Å². The Kier molecular flexibility index (Phi) is 6.50. The number of nitrogens with one attached hydrogen (secondary N) is 1. The first-order valence-electron chi connectivity index (χ1n) is 6.27. The highest BCUT2D eigenvalue weighted by Gasteiger charge is 2.12. The zero-order valence-corrected chi connectivity index (χ0v) is 12.5. The molecule has 0 fully saturated rings. The lowest BCUT2D eigenvalue weighted by Crippen LogP contribution is -2.26. The minimum atomic E-state index is -0.137. The van der Waals surface area contributed by atoms with Gasteiger partial charge in [0, 0.05) is 31.9 Å².